The number of hydrogen-bond acceptors (Lipinski definition) is 5. The summed E-state index contributed by atoms with van der Waals surface area (Å²) < 4.78 is 38.0. The van der Waals surface area contributed by atoms with Gasteiger partial charge in [-0.1, -0.05) is 12.1 Å². The van der Waals surface area contributed by atoms with Gasteiger partial charge >= 0.3 is 6.18 Å². The number of thioether (sulfide) groups is 1. The maximum Gasteiger partial charge on any atom is 0.416 e. The lowest BCUT2D eigenvalue weighted by Crippen LogP contribution is -2.48. The number of carbonyl (C=O) groups is 2. The average Bonchev–Trinajstić information content (AvgIpc) is 3.31. The molecule has 2 aliphatic heterocycles. The number of nitrogens with zero attached hydrogens (tertiary/aromatic N) is 2. The van der Waals surface area contributed by atoms with Gasteiger partial charge in [0.15, 0.2) is 5.13 Å². The molecule has 10 heteroatoms. The highest BCUT2D eigenvalue weighted by molar-refractivity contribution is 8.01. The minimum atomic E-state index is -4.36. The molecule has 154 valence electrons. The smallest absolute Gasteiger partial charge is 0.315 e. The summed E-state index contributed by atoms with van der Waals surface area (Å²) in [6.45, 7) is 1.99. The van der Waals surface area contributed by atoms with Crippen molar-refractivity contribution < 1.29 is 22.8 Å². The first-order valence-electron chi connectivity index (χ1n) is 9.03. The predicted octanol–water partition coefficient (Wildman–Crippen LogP) is 4.15. The topological polar surface area (TPSA) is 62.3 Å². The van der Waals surface area contributed by atoms with Crippen molar-refractivity contribution in [2.24, 2.45) is 0 Å². The van der Waals surface area contributed by atoms with E-state index in [0.29, 0.717) is 23.7 Å². The molecule has 0 unspecified atom stereocenters. The zero-order valence-corrected chi connectivity index (χ0v) is 17.1. The van der Waals surface area contributed by atoms with Crippen molar-refractivity contribution in [1.82, 2.24) is 9.88 Å². The standard InChI is InChI=1S/C19H18F3N3O2S2/c1-18-7-6-15(26)25(18)14(10-28-18)16(27)24-17-23-9-13(29-17)8-11-2-4-12(5-3-11)19(20,21)22/h2-5,9,14H,6-8,10H2,1H3,(H,23,24,27)/t14-,18+/m0/s1. The van der Waals surface area contributed by atoms with Crippen LogP contribution in [0, 0.1) is 0 Å². The highest BCUT2D eigenvalue weighted by atomic mass is 32.2. The molecular formula is C19H18F3N3O2S2. The first-order chi connectivity index (χ1) is 13.7. The van der Waals surface area contributed by atoms with E-state index in [1.54, 1.807) is 22.9 Å². The maximum absolute atomic E-state index is 12.7. The Balaban J connectivity index is 1.39. The summed E-state index contributed by atoms with van der Waals surface area (Å²) in [6.07, 6.45) is -1.12. The molecule has 1 aromatic carbocycles. The maximum atomic E-state index is 12.7. The minimum absolute atomic E-state index is 0.000202. The Kier molecular flexibility index (Phi) is 5.10. The number of fused-ring (bicyclic) bond motifs is 1. The van der Waals surface area contributed by atoms with Crippen LogP contribution in [0.3, 0.4) is 0 Å². The van der Waals surface area contributed by atoms with Crippen LogP contribution in [0.4, 0.5) is 18.3 Å². The first-order valence-corrected chi connectivity index (χ1v) is 10.8. The van der Waals surface area contributed by atoms with Crippen molar-refractivity contribution in [3.63, 3.8) is 0 Å². The molecule has 1 aromatic heterocycles. The van der Waals surface area contributed by atoms with E-state index in [4.69, 9.17) is 0 Å². The molecule has 0 saturated carbocycles. The summed E-state index contributed by atoms with van der Waals surface area (Å²) in [4.78, 5) is 31.3. The van der Waals surface area contributed by atoms with Gasteiger partial charge in [-0.15, -0.1) is 23.1 Å². The molecule has 2 amide bonds. The third-order valence-electron chi connectivity index (χ3n) is 5.19. The molecule has 2 saturated heterocycles. The number of anilines is 1. The number of amides is 2. The molecule has 2 fully saturated rings. The molecule has 2 atom stereocenters. The number of alkyl halides is 3. The molecule has 0 spiro atoms. The van der Waals surface area contributed by atoms with Crippen molar-refractivity contribution in [1.29, 1.82) is 0 Å². The van der Waals surface area contributed by atoms with Crippen molar-refractivity contribution in [3.8, 4) is 0 Å². The number of nitrogens with one attached hydrogen (secondary N) is 1. The van der Waals surface area contributed by atoms with E-state index in [2.05, 4.69) is 10.3 Å². The Bertz CT molecular complexity index is 945. The molecular weight excluding hydrogens is 423 g/mol. The number of carbonyl (C=O) groups excluding carboxylic acids is 2. The normalized spacial score (nSPS) is 24.1. The summed E-state index contributed by atoms with van der Waals surface area (Å²) in [7, 11) is 0. The number of hydrogen-bond donors (Lipinski definition) is 1. The fourth-order valence-corrected chi connectivity index (χ4v) is 5.94. The monoisotopic (exact) mass is 441 g/mol. The number of benzene rings is 1. The SMILES string of the molecule is C[C@@]12CCC(=O)N1[C@H](C(=O)Nc1ncc(Cc3ccc(C(F)(F)F)cc3)s1)CS2. The molecule has 2 aliphatic rings. The lowest BCUT2D eigenvalue weighted by Gasteiger charge is -2.29. The molecule has 0 radical (unpaired) electrons. The van der Waals surface area contributed by atoms with Gasteiger partial charge in [0.05, 0.1) is 10.4 Å². The van der Waals surface area contributed by atoms with E-state index in [-0.39, 0.29) is 16.7 Å². The van der Waals surface area contributed by atoms with Gasteiger partial charge in [-0.25, -0.2) is 4.98 Å². The van der Waals surface area contributed by atoms with Gasteiger partial charge in [0.1, 0.15) is 6.04 Å². The third-order valence-corrected chi connectivity index (χ3v) is 7.61. The van der Waals surface area contributed by atoms with Gasteiger partial charge < -0.3 is 10.2 Å². The van der Waals surface area contributed by atoms with Crippen LogP contribution in [0.1, 0.15) is 35.8 Å². The van der Waals surface area contributed by atoms with Crippen molar-refractivity contribution in [3.05, 3.63) is 46.5 Å². The Morgan fingerprint density at radius 1 is 1.34 bits per heavy atom. The van der Waals surface area contributed by atoms with Crippen LogP contribution in [-0.2, 0) is 22.2 Å². The number of aromatic nitrogens is 1. The van der Waals surface area contributed by atoms with Crippen LogP contribution >= 0.6 is 23.1 Å². The zero-order chi connectivity index (χ0) is 20.8. The second-order valence-electron chi connectivity index (χ2n) is 7.26. The van der Waals surface area contributed by atoms with E-state index in [1.165, 1.54) is 23.5 Å². The predicted molar refractivity (Wildman–Crippen MR) is 106 cm³/mol. The molecule has 0 aliphatic carbocycles. The Hall–Kier alpha value is -2.07. The van der Waals surface area contributed by atoms with Gasteiger partial charge in [0, 0.05) is 29.7 Å². The Morgan fingerprint density at radius 3 is 2.76 bits per heavy atom. The number of halogens is 3. The van der Waals surface area contributed by atoms with Crippen molar-refractivity contribution >= 4 is 40.0 Å². The highest BCUT2D eigenvalue weighted by Gasteiger charge is 2.52. The molecule has 29 heavy (non-hydrogen) atoms. The fraction of sp³-hybridized carbons (Fsp3) is 0.421. The van der Waals surface area contributed by atoms with Crippen LogP contribution < -0.4 is 5.32 Å². The molecule has 0 bridgehead atoms. The van der Waals surface area contributed by atoms with E-state index in [1.807, 2.05) is 6.92 Å². The molecule has 4 rings (SSSR count). The van der Waals surface area contributed by atoms with Gasteiger partial charge in [-0.2, -0.15) is 13.2 Å². The van der Waals surface area contributed by atoms with Crippen molar-refractivity contribution in [2.75, 3.05) is 11.1 Å². The summed E-state index contributed by atoms with van der Waals surface area (Å²) in [5.41, 5.74) is 0.0431. The van der Waals surface area contributed by atoms with Crippen LogP contribution in [0.5, 0.6) is 0 Å². The minimum Gasteiger partial charge on any atom is -0.315 e. The van der Waals surface area contributed by atoms with Gasteiger partial charge in [-0.3, -0.25) is 9.59 Å². The summed E-state index contributed by atoms with van der Waals surface area (Å²) in [5.74, 6) is 0.296. The molecule has 3 heterocycles. The molecule has 2 aromatic rings. The van der Waals surface area contributed by atoms with Crippen LogP contribution in [0.25, 0.3) is 0 Å². The Labute approximate surface area is 173 Å². The summed E-state index contributed by atoms with van der Waals surface area (Å²) in [6, 6.07) is 4.48. The van der Waals surface area contributed by atoms with E-state index >= 15 is 0 Å². The quantitative estimate of drug-likeness (QED) is 0.775. The average molecular weight is 442 g/mol. The molecule has 5 nitrogen and oxygen atoms in total. The van der Waals surface area contributed by atoms with Gasteiger partial charge in [0.25, 0.3) is 0 Å². The number of rotatable bonds is 4. The third kappa shape index (κ3) is 4.00. The first kappa shape index (κ1) is 20.2. The number of thiazole rings is 1. The second kappa shape index (κ2) is 7.32. The lowest BCUT2D eigenvalue weighted by atomic mass is 10.1. The van der Waals surface area contributed by atoms with Crippen LogP contribution in [0.15, 0.2) is 30.5 Å². The summed E-state index contributed by atoms with van der Waals surface area (Å²) >= 11 is 2.90. The van der Waals surface area contributed by atoms with Crippen LogP contribution in [0.2, 0.25) is 0 Å². The van der Waals surface area contributed by atoms with Crippen LogP contribution in [-0.4, -0.2) is 38.4 Å². The second-order valence-corrected chi connectivity index (χ2v) is 9.87. The van der Waals surface area contributed by atoms with Crippen molar-refractivity contribution in [2.45, 2.75) is 43.3 Å². The van der Waals surface area contributed by atoms with E-state index in [0.717, 1.165) is 29.0 Å². The highest BCUT2D eigenvalue weighted by Crippen LogP contribution is 2.47. The van der Waals surface area contributed by atoms with Gasteiger partial charge in [0.2, 0.25) is 11.8 Å². The largest absolute Gasteiger partial charge is 0.416 e. The van der Waals surface area contributed by atoms with E-state index in [9.17, 15) is 22.8 Å². The Morgan fingerprint density at radius 2 is 2.07 bits per heavy atom. The lowest BCUT2D eigenvalue weighted by molar-refractivity contribution is -0.137. The zero-order valence-electron chi connectivity index (χ0n) is 15.5. The summed E-state index contributed by atoms with van der Waals surface area (Å²) in [5, 5.41) is 3.20. The van der Waals surface area contributed by atoms with Gasteiger partial charge in [-0.05, 0) is 31.0 Å². The molecule has 1 N–H and O–H groups in total. The van der Waals surface area contributed by atoms with E-state index < -0.39 is 17.8 Å². The fourth-order valence-electron chi connectivity index (χ4n) is 3.66.